The van der Waals surface area contributed by atoms with Crippen LogP contribution in [0.3, 0.4) is 0 Å². The molecule has 4 rings (SSSR count). The third-order valence-electron chi connectivity index (χ3n) is 7.72. The highest BCUT2D eigenvalue weighted by molar-refractivity contribution is 5.46. The van der Waals surface area contributed by atoms with Crippen molar-refractivity contribution in [2.45, 2.75) is 44.3 Å². The van der Waals surface area contributed by atoms with Gasteiger partial charge in [-0.15, -0.1) is 0 Å². The summed E-state index contributed by atoms with van der Waals surface area (Å²) < 4.78 is 34.2. The zero-order valence-electron chi connectivity index (χ0n) is 20.6. The lowest BCUT2D eigenvalue weighted by Crippen LogP contribution is -2.50. The fraction of sp³-hybridized carbons (Fsp3) is 0.556. The molecular formula is C27H36O6. The Bertz CT molecular complexity index is 898. The Morgan fingerprint density at radius 1 is 0.697 bits per heavy atom. The van der Waals surface area contributed by atoms with Crippen LogP contribution in [0.5, 0.6) is 23.0 Å². The van der Waals surface area contributed by atoms with E-state index in [1.54, 1.807) is 28.4 Å². The number of hydrogen-bond donors (Lipinski definition) is 0. The summed E-state index contributed by atoms with van der Waals surface area (Å²) in [4.78, 5) is 0. The van der Waals surface area contributed by atoms with Gasteiger partial charge in [0.1, 0.15) is 23.0 Å². The van der Waals surface area contributed by atoms with Gasteiger partial charge in [0.2, 0.25) is 0 Å². The first-order valence-electron chi connectivity index (χ1n) is 11.6. The van der Waals surface area contributed by atoms with E-state index in [1.807, 2.05) is 24.3 Å². The van der Waals surface area contributed by atoms with Crippen LogP contribution in [-0.4, -0.2) is 41.7 Å². The van der Waals surface area contributed by atoms with E-state index in [9.17, 15) is 0 Å². The van der Waals surface area contributed by atoms with Gasteiger partial charge >= 0.3 is 0 Å². The molecule has 0 aromatic heterocycles. The summed E-state index contributed by atoms with van der Waals surface area (Å²) in [5.74, 6) is 4.09. The van der Waals surface area contributed by atoms with Crippen LogP contribution in [0.2, 0.25) is 0 Å². The first-order chi connectivity index (χ1) is 15.9. The average Bonchev–Trinajstić information content (AvgIpc) is 2.85. The van der Waals surface area contributed by atoms with Gasteiger partial charge in [-0.25, -0.2) is 0 Å². The average molecular weight is 457 g/mol. The van der Waals surface area contributed by atoms with Crippen LogP contribution in [0.4, 0.5) is 0 Å². The van der Waals surface area contributed by atoms with E-state index in [0.29, 0.717) is 11.8 Å². The summed E-state index contributed by atoms with van der Waals surface area (Å²) in [6.07, 6.45) is 3.31. The summed E-state index contributed by atoms with van der Waals surface area (Å²) in [5, 5.41) is 0. The Balaban J connectivity index is 1.40. The van der Waals surface area contributed by atoms with E-state index in [1.165, 1.54) is 0 Å². The fourth-order valence-electron chi connectivity index (χ4n) is 5.24. The summed E-state index contributed by atoms with van der Waals surface area (Å²) in [7, 11) is 6.72. The van der Waals surface area contributed by atoms with Crippen LogP contribution in [0, 0.1) is 11.8 Å². The van der Waals surface area contributed by atoms with E-state index in [0.717, 1.165) is 66.6 Å². The smallest absolute Gasteiger partial charge is 0.128 e. The number of hydrogen-bond acceptors (Lipinski definition) is 6. The minimum Gasteiger partial charge on any atom is -0.497 e. The number of rotatable bonds is 10. The lowest BCUT2D eigenvalue weighted by molar-refractivity contribution is -0.213. The van der Waals surface area contributed by atoms with E-state index < -0.39 is 0 Å². The van der Waals surface area contributed by atoms with E-state index >= 15 is 0 Å². The predicted molar refractivity (Wildman–Crippen MR) is 127 cm³/mol. The largest absolute Gasteiger partial charge is 0.497 e. The molecule has 0 saturated carbocycles. The molecule has 0 N–H and O–H groups in total. The third kappa shape index (κ3) is 4.15. The molecule has 6 nitrogen and oxygen atoms in total. The van der Waals surface area contributed by atoms with E-state index in [-0.39, 0.29) is 11.2 Å². The van der Waals surface area contributed by atoms with Gasteiger partial charge < -0.3 is 28.4 Å². The van der Waals surface area contributed by atoms with Crippen LogP contribution < -0.4 is 18.9 Å². The molecule has 2 aromatic carbocycles. The minimum absolute atomic E-state index is 0.337. The van der Waals surface area contributed by atoms with Gasteiger partial charge in [0.25, 0.3) is 0 Å². The Labute approximate surface area is 197 Å². The third-order valence-corrected chi connectivity index (χ3v) is 7.72. The molecule has 0 bridgehead atoms. The SMILES string of the molecule is COc1ccc(C2(C)OCC2CCCC2COC2(C)c2ccc(OC)cc2OC)c(OC)c1. The van der Waals surface area contributed by atoms with Crippen molar-refractivity contribution in [2.24, 2.45) is 11.8 Å². The van der Waals surface area contributed by atoms with Gasteiger partial charge in [-0.3, -0.25) is 0 Å². The Morgan fingerprint density at radius 2 is 1.12 bits per heavy atom. The molecule has 2 saturated heterocycles. The lowest BCUT2D eigenvalue weighted by Gasteiger charge is -2.50. The standard InChI is InChI=1S/C27H36O6/c1-26(22-12-10-20(28-3)14-24(22)30-5)18(16-32-26)8-7-9-19-17-33-27(19,2)23-13-11-21(29-4)15-25(23)31-6/h10-15,18-19H,7-9,16-17H2,1-6H3. The summed E-state index contributed by atoms with van der Waals surface area (Å²) >= 11 is 0. The van der Waals surface area contributed by atoms with Crippen LogP contribution >= 0.6 is 0 Å². The Hall–Kier alpha value is -2.44. The molecule has 2 aliphatic rings. The second-order valence-corrected chi connectivity index (χ2v) is 9.29. The zero-order valence-corrected chi connectivity index (χ0v) is 20.6. The maximum absolute atomic E-state index is 6.12. The monoisotopic (exact) mass is 456 g/mol. The van der Waals surface area contributed by atoms with Crippen molar-refractivity contribution in [3.05, 3.63) is 47.5 Å². The van der Waals surface area contributed by atoms with Crippen molar-refractivity contribution in [1.82, 2.24) is 0 Å². The highest BCUT2D eigenvalue weighted by atomic mass is 16.5. The molecule has 2 heterocycles. The molecule has 180 valence electrons. The molecule has 0 spiro atoms. The van der Waals surface area contributed by atoms with Crippen LogP contribution in [0.1, 0.15) is 44.2 Å². The van der Waals surface area contributed by atoms with Crippen molar-refractivity contribution >= 4 is 0 Å². The lowest BCUT2D eigenvalue weighted by atomic mass is 9.72. The van der Waals surface area contributed by atoms with Crippen LogP contribution in [0.15, 0.2) is 36.4 Å². The molecule has 0 amide bonds. The van der Waals surface area contributed by atoms with Crippen molar-refractivity contribution in [1.29, 1.82) is 0 Å². The number of methoxy groups -OCH3 is 4. The predicted octanol–water partition coefficient (Wildman–Crippen LogP) is 5.31. The Kier molecular flexibility index (Phi) is 6.78. The molecule has 2 fully saturated rings. The highest BCUT2D eigenvalue weighted by Gasteiger charge is 2.49. The van der Waals surface area contributed by atoms with Gasteiger partial charge in [0, 0.05) is 35.1 Å². The van der Waals surface area contributed by atoms with E-state index in [2.05, 4.69) is 26.0 Å². The maximum Gasteiger partial charge on any atom is 0.128 e. The molecule has 0 aliphatic carbocycles. The van der Waals surface area contributed by atoms with Crippen molar-refractivity contribution in [3.63, 3.8) is 0 Å². The van der Waals surface area contributed by atoms with Gasteiger partial charge in [0.15, 0.2) is 0 Å². The van der Waals surface area contributed by atoms with Gasteiger partial charge in [-0.05, 0) is 51.0 Å². The molecule has 2 aliphatic heterocycles. The zero-order chi connectivity index (χ0) is 23.6. The van der Waals surface area contributed by atoms with Crippen molar-refractivity contribution in [3.8, 4) is 23.0 Å². The van der Waals surface area contributed by atoms with Crippen molar-refractivity contribution < 1.29 is 28.4 Å². The topological polar surface area (TPSA) is 55.4 Å². The quantitative estimate of drug-likeness (QED) is 0.483. The first-order valence-corrected chi connectivity index (χ1v) is 11.6. The molecule has 0 radical (unpaired) electrons. The van der Waals surface area contributed by atoms with Crippen LogP contribution in [-0.2, 0) is 20.7 Å². The summed E-state index contributed by atoms with van der Waals surface area (Å²) in [6, 6.07) is 11.9. The van der Waals surface area contributed by atoms with Crippen LogP contribution in [0.25, 0.3) is 0 Å². The normalized spacial score (nSPS) is 28.4. The van der Waals surface area contributed by atoms with Gasteiger partial charge in [-0.2, -0.15) is 0 Å². The maximum atomic E-state index is 6.12. The molecule has 4 unspecified atom stereocenters. The molecular weight excluding hydrogens is 420 g/mol. The Morgan fingerprint density at radius 3 is 1.42 bits per heavy atom. The summed E-state index contributed by atoms with van der Waals surface area (Å²) in [6.45, 7) is 5.89. The number of ether oxygens (including phenoxy) is 6. The molecule has 4 atom stereocenters. The van der Waals surface area contributed by atoms with Gasteiger partial charge in [0.05, 0.1) is 52.9 Å². The number of benzene rings is 2. The summed E-state index contributed by atoms with van der Waals surface area (Å²) in [5.41, 5.74) is 1.50. The van der Waals surface area contributed by atoms with E-state index in [4.69, 9.17) is 28.4 Å². The molecule has 33 heavy (non-hydrogen) atoms. The second-order valence-electron chi connectivity index (χ2n) is 9.29. The molecule has 2 aromatic rings. The van der Waals surface area contributed by atoms with Gasteiger partial charge in [-0.1, -0.05) is 6.42 Å². The highest BCUT2D eigenvalue weighted by Crippen LogP contribution is 2.51. The van der Waals surface area contributed by atoms with Crippen molar-refractivity contribution in [2.75, 3.05) is 41.7 Å². The minimum atomic E-state index is -0.337. The fourth-order valence-corrected chi connectivity index (χ4v) is 5.24. The first kappa shape index (κ1) is 23.7. The second kappa shape index (κ2) is 9.43. The molecule has 6 heteroatoms.